The third kappa shape index (κ3) is 2.00. The summed E-state index contributed by atoms with van der Waals surface area (Å²) in [5.41, 5.74) is 1.57. The van der Waals surface area contributed by atoms with Crippen LogP contribution < -0.4 is 0 Å². The topological polar surface area (TPSA) is 54.8 Å². The lowest BCUT2D eigenvalue weighted by atomic mass is 10.1. The summed E-state index contributed by atoms with van der Waals surface area (Å²) < 4.78 is 21.0. The maximum Gasteiger partial charge on any atom is 0.152 e. The van der Waals surface area contributed by atoms with E-state index in [1.165, 1.54) is 18.4 Å². The summed E-state index contributed by atoms with van der Waals surface area (Å²) in [6, 6.07) is 15.5. The van der Waals surface area contributed by atoms with E-state index in [0.29, 0.717) is 33.7 Å². The Morgan fingerprint density at radius 3 is 2.74 bits per heavy atom. The van der Waals surface area contributed by atoms with Gasteiger partial charge in [0, 0.05) is 11.6 Å². The van der Waals surface area contributed by atoms with Crippen molar-refractivity contribution in [2.45, 2.75) is 0 Å². The molecular formula is C18H10FN3O. The zero-order valence-corrected chi connectivity index (χ0v) is 11.9. The van der Waals surface area contributed by atoms with Gasteiger partial charge in [0.15, 0.2) is 5.76 Å². The number of fused-ring (bicyclic) bond motifs is 1. The molecule has 0 radical (unpaired) electrons. The van der Waals surface area contributed by atoms with Gasteiger partial charge < -0.3 is 4.42 Å². The number of hydrogen-bond acceptors (Lipinski definition) is 3. The van der Waals surface area contributed by atoms with Gasteiger partial charge >= 0.3 is 0 Å². The number of nitriles is 1. The molecule has 0 saturated carbocycles. The van der Waals surface area contributed by atoms with Gasteiger partial charge in [-0.1, -0.05) is 6.07 Å². The van der Waals surface area contributed by atoms with Gasteiger partial charge in [-0.05, 0) is 42.5 Å². The molecule has 0 unspecified atom stereocenters. The van der Waals surface area contributed by atoms with E-state index in [0.717, 1.165) is 0 Å². The fraction of sp³-hybridized carbons (Fsp3) is 0. The van der Waals surface area contributed by atoms with Crippen molar-refractivity contribution in [3.05, 3.63) is 72.4 Å². The van der Waals surface area contributed by atoms with Crippen LogP contribution in [0.5, 0.6) is 0 Å². The molecule has 0 amide bonds. The quantitative estimate of drug-likeness (QED) is 0.555. The molecule has 0 fully saturated rings. The van der Waals surface area contributed by atoms with Crippen molar-refractivity contribution < 1.29 is 8.81 Å². The molecule has 0 N–H and O–H groups in total. The number of benzene rings is 1. The van der Waals surface area contributed by atoms with Gasteiger partial charge in [0.1, 0.15) is 23.4 Å². The number of nitrogens with zero attached hydrogens (tertiary/aromatic N) is 3. The summed E-state index contributed by atoms with van der Waals surface area (Å²) >= 11 is 0. The molecule has 4 nitrogen and oxygen atoms in total. The van der Waals surface area contributed by atoms with Crippen molar-refractivity contribution in [2.24, 2.45) is 0 Å². The van der Waals surface area contributed by atoms with Crippen LogP contribution in [0.3, 0.4) is 0 Å². The third-order valence-corrected chi connectivity index (χ3v) is 3.68. The average Bonchev–Trinajstić information content (AvgIpc) is 3.20. The summed E-state index contributed by atoms with van der Waals surface area (Å²) in [5.74, 6) is 0.752. The molecule has 3 heterocycles. The lowest BCUT2D eigenvalue weighted by Gasteiger charge is -2.08. The summed E-state index contributed by atoms with van der Waals surface area (Å²) in [6.45, 7) is 0. The monoisotopic (exact) mass is 303 g/mol. The number of pyridine rings is 1. The Hall–Kier alpha value is -3.39. The molecule has 0 aliphatic heterocycles. The second-order valence-electron chi connectivity index (χ2n) is 5.00. The SMILES string of the molecule is N#Cc1c(-c2ccco2)n(-c2ccccn2)c2cc(F)ccc12. The van der Waals surface area contributed by atoms with E-state index in [1.807, 2.05) is 6.07 Å². The molecule has 0 bridgehead atoms. The summed E-state index contributed by atoms with van der Waals surface area (Å²) in [6.07, 6.45) is 3.19. The normalized spacial score (nSPS) is 10.8. The number of halogens is 1. The Labute approximate surface area is 131 Å². The number of rotatable bonds is 2. The van der Waals surface area contributed by atoms with Crippen molar-refractivity contribution in [1.29, 1.82) is 5.26 Å². The van der Waals surface area contributed by atoms with Gasteiger partial charge in [-0.25, -0.2) is 9.37 Å². The Bertz CT molecular complexity index is 1030. The van der Waals surface area contributed by atoms with Crippen molar-refractivity contribution in [3.63, 3.8) is 0 Å². The molecule has 23 heavy (non-hydrogen) atoms. The van der Waals surface area contributed by atoms with Crippen molar-refractivity contribution in [1.82, 2.24) is 9.55 Å². The molecule has 5 heteroatoms. The molecule has 1 aromatic carbocycles. The van der Waals surface area contributed by atoms with Crippen LogP contribution in [-0.4, -0.2) is 9.55 Å². The van der Waals surface area contributed by atoms with Crippen LogP contribution in [0.2, 0.25) is 0 Å². The van der Waals surface area contributed by atoms with Gasteiger partial charge in [0.25, 0.3) is 0 Å². The van der Waals surface area contributed by atoms with E-state index in [4.69, 9.17) is 4.42 Å². The first kappa shape index (κ1) is 13.3. The molecule has 0 aliphatic rings. The molecule has 0 aliphatic carbocycles. The molecule has 0 saturated heterocycles. The standard InChI is InChI=1S/C18H10FN3O/c19-12-6-7-13-14(11-20)18(16-4-3-9-23-16)22(15(13)10-12)17-5-1-2-8-21-17/h1-10H. The Kier molecular flexibility index (Phi) is 2.95. The first-order chi connectivity index (χ1) is 11.3. The van der Waals surface area contributed by atoms with E-state index in [2.05, 4.69) is 11.1 Å². The zero-order valence-electron chi connectivity index (χ0n) is 11.9. The maximum absolute atomic E-state index is 13.8. The summed E-state index contributed by atoms with van der Waals surface area (Å²) in [4.78, 5) is 4.34. The summed E-state index contributed by atoms with van der Waals surface area (Å²) in [7, 11) is 0. The second-order valence-corrected chi connectivity index (χ2v) is 5.00. The highest BCUT2D eigenvalue weighted by atomic mass is 19.1. The molecule has 110 valence electrons. The highest BCUT2D eigenvalue weighted by Gasteiger charge is 2.22. The van der Waals surface area contributed by atoms with Crippen LogP contribution >= 0.6 is 0 Å². The summed E-state index contributed by atoms with van der Waals surface area (Å²) in [5, 5.41) is 10.3. The Balaban J connectivity index is 2.20. The van der Waals surface area contributed by atoms with Crippen molar-refractivity contribution >= 4 is 10.9 Å². The average molecular weight is 303 g/mol. The predicted molar refractivity (Wildman–Crippen MR) is 83.4 cm³/mol. The minimum Gasteiger partial charge on any atom is -0.463 e. The number of aromatic nitrogens is 2. The first-order valence-corrected chi connectivity index (χ1v) is 6.99. The Morgan fingerprint density at radius 1 is 1.13 bits per heavy atom. The second kappa shape index (κ2) is 5.11. The van der Waals surface area contributed by atoms with Crippen LogP contribution in [0.15, 0.2) is 65.4 Å². The van der Waals surface area contributed by atoms with Gasteiger partial charge in [0.2, 0.25) is 0 Å². The fourth-order valence-electron chi connectivity index (χ4n) is 2.74. The van der Waals surface area contributed by atoms with E-state index in [9.17, 15) is 9.65 Å². The molecular weight excluding hydrogens is 293 g/mol. The van der Waals surface area contributed by atoms with Crippen LogP contribution in [0, 0.1) is 17.1 Å². The minimum absolute atomic E-state index is 0.373. The Morgan fingerprint density at radius 2 is 2.04 bits per heavy atom. The molecule has 4 rings (SSSR count). The molecule has 0 atom stereocenters. The van der Waals surface area contributed by atoms with Crippen LogP contribution in [0.4, 0.5) is 4.39 Å². The van der Waals surface area contributed by atoms with E-state index < -0.39 is 0 Å². The highest BCUT2D eigenvalue weighted by Crippen LogP contribution is 2.36. The number of hydrogen-bond donors (Lipinski definition) is 0. The molecule has 0 spiro atoms. The third-order valence-electron chi connectivity index (χ3n) is 3.68. The van der Waals surface area contributed by atoms with Crippen LogP contribution in [0.25, 0.3) is 28.2 Å². The first-order valence-electron chi connectivity index (χ1n) is 6.99. The smallest absolute Gasteiger partial charge is 0.152 e. The lowest BCUT2D eigenvalue weighted by Crippen LogP contribution is -1.99. The van der Waals surface area contributed by atoms with E-state index >= 15 is 0 Å². The van der Waals surface area contributed by atoms with E-state index in [1.54, 1.807) is 41.1 Å². The van der Waals surface area contributed by atoms with Crippen molar-refractivity contribution in [2.75, 3.05) is 0 Å². The largest absolute Gasteiger partial charge is 0.463 e. The van der Waals surface area contributed by atoms with Crippen LogP contribution in [0.1, 0.15) is 5.56 Å². The van der Waals surface area contributed by atoms with Gasteiger partial charge in [-0.15, -0.1) is 0 Å². The van der Waals surface area contributed by atoms with E-state index in [-0.39, 0.29) is 5.82 Å². The lowest BCUT2D eigenvalue weighted by molar-refractivity contribution is 0.578. The molecule has 4 aromatic rings. The highest BCUT2D eigenvalue weighted by molar-refractivity contribution is 5.95. The minimum atomic E-state index is -0.373. The number of furan rings is 1. The predicted octanol–water partition coefficient (Wildman–Crippen LogP) is 4.30. The fourth-order valence-corrected chi connectivity index (χ4v) is 2.74. The van der Waals surface area contributed by atoms with Gasteiger partial charge in [-0.2, -0.15) is 5.26 Å². The van der Waals surface area contributed by atoms with Gasteiger partial charge in [0.05, 0.1) is 17.3 Å². The van der Waals surface area contributed by atoms with Gasteiger partial charge in [-0.3, -0.25) is 4.57 Å². The molecule has 3 aromatic heterocycles. The maximum atomic E-state index is 13.8. The van der Waals surface area contributed by atoms with Crippen molar-refractivity contribution in [3.8, 4) is 23.3 Å². The van der Waals surface area contributed by atoms with Crippen LogP contribution in [-0.2, 0) is 0 Å². The zero-order chi connectivity index (χ0) is 15.8.